The first-order valence-corrected chi connectivity index (χ1v) is 4.29. The summed E-state index contributed by atoms with van der Waals surface area (Å²) >= 11 is 0. The van der Waals surface area contributed by atoms with E-state index in [1.165, 1.54) is 0 Å². The van der Waals surface area contributed by atoms with Crippen LogP contribution in [0.3, 0.4) is 0 Å². The lowest BCUT2D eigenvalue weighted by atomic mass is 10.4. The molecule has 1 rings (SSSR count). The van der Waals surface area contributed by atoms with Gasteiger partial charge in [0.15, 0.2) is 0 Å². The summed E-state index contributed by atoms with van der Waals surface area (Å²) in [7, 11) is 4.03. The molecule has 0 aromatic heterocycles. The van der Waals surface area contributed by atoms with Crippen molar-refractivity contribution in [2.75, 3.05) is 33.7 Å². The van der Waals surface area contributed by atoms with Gasteiger partial charge in [-0.3, -0.25) is 10.1 Å². The average molecular weight is 171 g/mol. The predicted molar refractivity (Wildman–Crippen MR) is 47.7 cm³/mol. The number of carbonyl (C=O) groups excluding carboxylic acids is 1. The quantitative estimate of drug-likeness (QED) is 0.611. The molecule has 1 N–H and O–H groups in total. The van der Waals surface area contributed by atoms with Crippen molar-refractivity contribution in [3.05, 3.63) is 0 Å². The molecule has 4 nitrogen and oxygen atoms in total. The summed E-state index contributed by atoms with van der Waals surface area (Å²) in [6, 6.07) is 0. The summed E-state index contributed by atoms with van der Waals surface area (Å²) in [6.07, 6.45) is 0.206. The molecular weight excluding hydrogens is 154 g/mol. The number of nitrogens with one attached hydrogen (secondary N) is 1. The van der Waals surface area contributed by atoms with Crippen LogP contribution in [0, 0.1) is 0 Å². The Morgan fingerprint density at radius 2 is 2.33 bits per heavy atom. The van der Waals surface area contributed by atoms with Crippen LogP contribution >= 0.6 is 0 Å². The van der Waals surface area contributed by atoms with Crippen molar-refractivity contribution in [3.8, 4) is 0 Å². The third-order valence-electron chi connectivity index (χ3n) is 2.12. The second-order valence-corrected chi connectivity index (χ2v) is 3.45. The number of amides is 1. The van der Waals surface area contributed by atoms with Crippen LogP contribution in [0.15, 0.2) is 0 Å². The van der Waals surface area contributed by atoms with Crippen molar-refractivity contribution >= 4 is 5.91 Å². The number of nitrogens with zero attached hydrogens (tertiary/aromatic N) is 2. The second-order valence-electron chi connectivity index (χ2n) is 3.45. The maximum atomic E-state index is 11.2. The van der Waals surface area contributed by atoms with Crippen LogP contribution in [0.5, 0.6) is 0 Å². The number of rotatable bonds is 3. The average Bonchev–Trinajstić information content (AvgIpc) is 2.28. The van der Waals surface area contributed by atoms with Gasteiger partial charge >= 0.3 is 0 Å². The Morgan fingerprint density at radius 3 is 2.75 bits per heavy atom. The highest BCUT2D eigenvalue weighted by atomic mass is 16.2. The van der Waals surface area contributed by atoms with Crippen molar-refractivity contribution in [3.63, 3.8) is 0 Å². The van der Waals surface area contributed by atoms with Gasteiger partial charge in [-0.1, -0.05) is 0 Å². The molecule has 0 bridgehead atoms. The highest BCUT2D eigenvalue weighted by Crippen LogP contribution is 2.02. The van der Waals surface area contributed by atoms with E-state index in [4.69, 9.17) is 0 Å². The summed E-state index contributed by atoms with van der Waals surface area (Å²) in [4.78, 5) is 15.2. The minimum atomic E-state index is 0.206. The summed E-state index contributed by atoms with van der Waals surface area (Å²) < 4.78 is 0. The molecule has 1 saturated heterocycles. The number of carbonyl (C=O) groups is 1. The molecule has 0 radical (unpaired) electrons. The van der Waals surface area contributed by atoms with E-state index in [-0.39, 0.29) is 12.1 Å². The van der Waals surface area contributed by atoms with E-state index >= 15 is 0 Å². The highest BCUT2D eigenvalue weighted by molar-refractivity contribution is 5.80. The zero-order valence-electron chi connectivity index (χ0n) is 8.00. The van der Waals surface area contributed by atoms with Crippen molar-refractivity contribution in [1.82, 2.24) is 15.1 Å². The van der Waals surface area contributed by atoms with Crippen LogP contribution in [-0.4, -0.2) is 55.6 Å². The molecule has 0 spiro atoms. The number of hydrogen-bond donors (Lipinski definition) is 1. The van der Waals surface area contributed by atoms with Crippen LogP contribution in [0.25, 0.3) is 0 Å². The van der Waals surface area contributed by atoms with E-state index in [1.54, 1.807) is 0 Å². The monoisotopic (exact) mass is 171 g/mol. The maximum absolute atomic E-state index is 11.2. The topological polar surface area (TPSA) is 35.6 Å². The first-order chi connectivity index (χ1) is 5.61. The van der Waals surface area contributed by atoms with Crippen molar-refractivity contribution in [1.29, 1.82) is 0 Å². The van der Waals surface area contributed by atoms with Crippen LogP contribution in [0.2, 0.25) is 0 Å². The van der Waals surface area contributed by atoms with Gasteiger partial charge in [0.1, 0.15) is 0 Å². The SMILES string of the molecule is CC1NCC(=O)N1CCN(C)C. The molecule has 4 heteroatoms. The number of hydrogen-bond acceptors (Lipinski definition) is 3. The molecule has 12 heavy (non-hydrogen) atoms. The summed E-state index contributed by atoms with van der Waals surface area (Å²) in [5.74, 6) is 0.212. The van der Waals surface area contributed by atoms with Gasteiger partial charge in [0, 0.05) is 13.1 Å². The Bertz CT molecular complexity index is 170. The summed E-state index contributed by atoms with van der Waals surface area (Å²) in [5.41, 5.74) is 0. The molecule has 1 atom stereocenters. The Balaban J connectivity index is 2.34. The zero-order chi connectivity index (χ0) is 9.14. The van der Waals surface area contributed by atoms with Gasteiger partial charge < -0.3 is 9.80 Å². The molecular formula is C8H17N3O. The van der Waals surface area contributed by atoms with Gasteiger partial charge in [-0.25, -0.2) is 0 Å². The fourth-order valence-electron chi connectivity index (χ4n) is 1.29. The lowest BCUT2D eigenvalue weighted by molar-refractivity contribution is -0.127. The van der Waals surface area contributed by atoms with E-state index in [9.17, 15) is 4.79 Å². The van der Waals surface area contributed by atoms with Crippen LogP contribution in [0.1, 0.15) is 6.92 Å². The van der Waals surface area contributed by atoms with E-state index in [0.29, 0.717) is 6.54 Å². The number of likely N-dealkylation sites (N-methyl/N-ethyl adjacent to an activating group) is 1. The van der Waals surface area contributed by atoms with Gasteiger partial charge in [0.25, 0.3) is 0 Å². The van der Waals surface area contributed by atoms with E-state index < -0.39 is 0 Å². The Labute approximate surface area is 73.5 Å². The van der Waals surface area contributed by atoms with E-state index in [0.717, 1.165) is 13.1 Å². The lowest BCUT2D eigenvalue weighted by Crippen LogP contribution is -2.39. The molecule has 1 heterocycles. The first kappa shape index (κ1) is 9.48. The van der Waals surface area contributed by atoms with Crippen molar-refractivity contribution in [2.45, 2.75) is 13.1 Å². The minimum absolute atomic E-state index is 0.206. The zero-order valence-corrected chi connectivity index (χ0v) is 8.00. The minimum Gasteiger partial charge on any atom is -0.325 e. The van der Waals surface area contributed by atoms with E-state index in [2.05, 4.69) is 10.2 Å². The Kier molecular flexibility index (Phi) is 3.05. The fourth-order valence-corrected chi connectivity index (χ4v) is 1.29. The molecule has 0 aliphatic carbocycles. The van der Waals surface area contributed by atoms with Crippen molar-refractivity contribution < 1.29 is 4.79 Å². The first-order valence-electron chi connectivity index (χ1n) is 4.29. The van der Waals surface area contributed by atoms with Crippen LogP contribution in [-0.2, 0) is 4.79 Å². The molecule has 1 fully saturated rings. The van der Waals surface area contributed by atoms with Gasteiger partial charge in [-0.15, -0.1) is 0 Å². The van der Waals surface area contributed by atoms with Crippen LogP contribution < -0.4 is 5.32 Å². The van der Waals surface area contributed by atoms with Gasteiger partial charge in [-0.05, 0) is 21.0 Å². The van der Waals surface area contributed by atoms with Gasteiger partial charge in [0.05, 0.1) is 12.7 Å². The third kappa shape index (κ3) is 2.19. The second kappa shape index (κ2) is 3.87. The van der Waals surface area contributed by atoms with E-state index in [1.807, 2.05) is 25.9 Å². The smallest absolute Gasteiger partial charge is 0.237 e. The molecule has 1 aliphatic heterocycles. The summed E-state index contributed by atoms with van der Waals surface area (Å²) in [6.45, 7) is 4.26. The fraction of sp³-hybridized carbons (Fsp3) is 0.875. The molecule has 1 aliphatic rings. The van der Waals surface area contributed by atoms with Crippen molar-refractivity contribution in [2.24, 2.45) is 0 Å². The molecule has 0 aromatic rings. The highest BCUT2D eigenvalue weighted by Gasteiger charge is 2.25. The molecule has 0 aromatic carbocycles. The maximum Gasteiger partial charge on any atom is 0.237 e. The third-order valence-corrected chi connectivity index (χ3v) is 2.12. The Hall–Kier alpha value is -0.610. The Morgan fingerprint density at radius 1 is 1.67 bits per heavy atom. The lowest BCUT2D eigenvalue weighted by Gasteiger charge is -2.22. The molecule has 0 saturated carbocycles. The molecule has 1 unspecified atom stereocenters. The largest absolute Gasteiger partial charge is 0.325 e. The van der Waals surface area contributed by atoms with Gasteiger partial charge in [0.2, 0.25) is 5.91 Å². The van der Waals surface area contributed by atoms with Gasteiger partial charge in [-0.2, -0.15) is 0 Å². The normalized spacial score (nSPS) is 24.2. The molecule has 1 amide bonds. The molecule has 70 valence electrons. The van der Waals surface area contributed by atoms with Crippen LogP contribution in [0.4, 0.5) is 0 Å². The standard InChI is InChI=1S/C8H17N3O/c1-7-9-6-8(12)11(7)5-4-10(2)3/h7,9H,4-6H2,1-3H3. The summed E-state index contributed by atoms with van der Waals surface area (Å²) in [5, 5.41) is 3.10. The predicted octanol–water partition coefficient (Wildman–Crippen LogP) is -0.674.